The molecule has 0 fully saturated rings. The Hall–Kier alpha value is -7.43. The molecule has 4 heteroatoms. The van der Waals surface area contributed by atoms with Crippen molar-refractivity contribution in [1.29, 1.82) is 0 Å². The maximum Gasteiger partial charge on any atom is 0.227 e. The summed E-state index contributed by atoms with van der Waals surface area (Å²) in [6.07, 6.45) is 0. The number of fused-ring (bicyclic) bond motifs is 8. The third-order valence-electron chi connectivity index (χ3n) is 10.8. The second-order valence-corrected chi connectivity index (χ2v) is 14.0. The van der Waals surface area contributed by atoms with E-state index >= 15 is 0 Å². The predicted octanol–water partition coefficient (Wildman–Crippen LogP) is 14.0. The molecule has 2 aromatic heterocycles. The van der Waals surface area contributed by atoms with E-state index in [9.17, 15) is 0 Å². The number of rotatable bonds is 6. The second-order valence-electron chi connectivity index (χ2n) is 14.0. The summed E-state index contributed by atoms with van der Waals surface area (Å²) < 4.78 is 8.63. The summed E-state index contributed by atoms with van der Waals surface area (Å²) in [6.45, 7) is 0. The lowest BCUT2D eigenvalue weighted by molar-refractivity contribution is 0.620. The van der Waals surface area contributed by atoms with Crippen molar-refractivity contribution < 1.29 is 4.42 Å². The molecule has 0 bridgehead atoms. The molecule has 11 aromatic rings. The number of hydrogen-bond donors (Lipinski definition) is 0. The van der Waals surface area contributed by atoms with Crippen LogP contribution in [-0.2, 0) is 0 Å². The normalized spacial score (nSPS) is 11.6. The Balaban J connectivity index is 1.000. The Morgan fingerprint density at radius 3 is 1.87 bits per heavy atom. The first kappa shape index (κ1) is 31.1. The van der Waals surface area contributed by atoms with Gasteiger partial charge in [0, 0.05) is 44.5 Å². The zero-order valence-electron chi connectivity index (χ0n) is 29.8. The molecule has 0 atom stereocenters. The molecule has 0 N–H and O–H groups in total. The van der Waals surface area contributed by atoms with E-state index in [1.54, 1.807) is 0 Å². The summed E-state index contributed by atoms with van der Waals surface area (Å²) in [6, 6.07) is 71.0. The average molecular weight is 704 g/mol. The summed E-state index contributed by atoms with van der Waals surface area (Å²) in [5, 5.41) is 7.02. The molecule has 0 aliphatic carbocycles. The average Bonchev–Trinajstić information content (AvgIpc) is 3.85. The number of nitrogens with zero attached hydrogens (tertiary/aromatic N) is 3. The highest BCUT2D eigenvalue weighted by Gasteiger charge is 2.18. The molecule has 9 aromatic carbocycles. The van der Waals surface area contributed by atoms with E-state index in [1.165, 1.54) is 32.9 Å². The van der Waals surface area contributed by atoms with Gasteiger partial charge < -0.3 is 13.9 Å². The standard InChI is InChI=1S/C51H33N3O/c1-4-12-36(13-5-1)51-52-50-48(55-51)31-25-35-20-21-38-32-42(28-29-43(38)49(35)50)53(39-14-6-2-7-15-39)41-26-22-34(23-27-41)37-24-30-47-45(33-37)44-18-10-11-19-46(44)54(47)40-16-8-3-9-17-40/h1-33H. The highest BCUT2D eigenvalue weighted by Crippen LogP contribution is 2.41. The molecule has 11 rings (SSSR count). The Bertz CT molecular complexity index is 3180. The van der Waals surface area contributed by atoms with E-state index in [1.807, 2.05) is 36.4 Å². The number of hydrogen-bond acceptors (Lipinski definition) is 3. The van der Waals surface area contributed by atoms with Crippen molar-refractivity contribution in [1.82, 2.24) is 9.55 Å². The van der Waals surface area contributed by atoms with Crippen molar-refractivity contribution in [2.24, 2.45) is 0 Å². The zero-order valence-corrected chi connectivity index (χ0v) is 29.8. The summed E-state index contributed by atoms with van der Waals surface area (Å²) in [5.74, 6) is 0.634. The predicted molar refractivity (Wildman–Crippen MR) is 229 cm³/mol. The summed E-state index contributed by atoms with van der Waals surface area (Å²) in [7, 11) is 0. The van der Waals surface area contributed by atoms with Gasteiger partial charge in [-0.25, -0.2) is 4.98 Å². The lowest BCUT2D eigenvalue weighted by Crippen LogP contribution is -2.09. The largest absolute Gasteiger partial charge is 0.436 e. The van der Waals surface area contributed by atoms with Crippen LogP contribution in [-0.4, -0.2) is 9.55 Å². The van der Waals surface area contributed by atoms with Crippen molar-refractivity contribution in [2.75, 3.05) is 4.90 Å². The zero-order chi connectivity index (χ0) is 36.3. The molecule has 0 radical (unpaired) electrons. The third-order valence-corrected chi connectivity index (χ3v) is 10.8. The number of anilines is 3. The van der Waals surface area contributed by atoms with Crippen LogP contribution < -0.4 is 4.90 Å². The highest BCUT2D eigenvalue weighted by molar-refractivity contribution is 6.19. The third kappa shape index (κ3) is 5.19. The molecule has 258 valence electrons. The first-order valence-electron chi connectivity index (χ1n) is 18.6. The number of aromatic nitrogens is 2. The van der Waals surface area contributed by atoms with Gasteiger partial charge >= 0.3 is 0 Å². The van der Waals surface area contributed by atoms with Gasteiger partial charge in [-0.15, -0.1) is 0 Å². The van der Waals surface area contributed by atoms with Crippen molar-refractivity contribution in [2.45, 2.75) is 0 Å². The van der Waals surface area contributed by atoms with Crippen LogP contribution in [0.5, 0.6) is 0 Å². The van der Waals surface area contributed by atoms with E-state index in [0.29, 0.717) is 5.89 Å². The fraction of sp³-hybridized carbons (Fsp3) is 0. The van der Waals surface area contributed by atoms with Gasteiger partial charge in [-0.3, -0.25) is 0 Å². The lowest BCUT2D eigenvalue weighted by Gasteiger charge is -2.26. The van der Waals surface area contributed by atoms with Gasteiger partial charge in [-0.05, 0) is 112 Å². The molecule has 0 saturated heterocycles. The van der Waals surface area contributed by atoms with Crippen LogP contribution >= 0.6 is 0 Å². The van der Waals surface area contributed by atoms with Gasteiger partial charge in [0.05, 0.1) is 11.0 Å². The van der Waals surface area contributed by atoms with Crippen LogP contribution in [0.15, 0.2) is 205 Å². The Labute approximate surface area is 317 Å². The quantitative estimate of drug-likeness (QED) is 0.162. The van der Waals surface area contributed by atoms with Crippen LogP contribution in [0.4, 0.5) is 17.1 Å². The first-order chi connectivity index (χ1) is 27.3. The van der Waals surface area contributed by atoms with Crippen molar-refractivity contribution in [3.8, 4) is 28.3 Å². The Morgan fingerprint density at radius 2 is 1.05 bits per heavy atom. The van der Waals surface area contributed by atoms with Gasteiger partial charge in [0.15, 0.2) is 5.58 Å². The monoisotopic (exact) mass is 703 g/mol. The summed E-state index contributed by atoms with van der Waals surface area (Å²) >= 11 is 0. The van der Waals surface area contributed by atoms with Gasteiger partial charge in [-0.1, -0.05) is 115 Å². The molecule has 2 heterocycles. The first-order valence-corrected chi connectivity index (χ1v) is 18.6. The molecule has 0 unspecified atom stereocenters. The van der Waals surface area contributed by atoms with Crippen LogP contribution in [0.3, 0.4) is 0 Å². The van der Waals surface area contributed by atoms with Crippen molar-refractivity contribution in [3.63, 3.8) is 0 Å². The van der Waals surface area contributed by atoms with E-state index < -0.39 is 0 Å². The van der Waals surface area contributed by atoms with Crippen LogP contribution in [0.25, 0.3) is 82.7 Å². The molecule has 0 amide bonds. The maximum absolute atomic E-state index is 6.27. The lowest BCUT2D eigenvalue weighted by atomic mass is 9.99. The smallest absolute Gasteiger partial charge is 0.227 e. The fourth-order valence-corrected chi connectivity index (χ4v) is 8.20. The fourth-order valence-electron chi connectivity index (χ4n) is 8.20. The molecule has 0 aliphatic rings. The molecular formula is C51H33N3O. The summed E-state index contributed by atoms with van der Waals surface area (Å²) in [4.78, 5) is 7.34. The van der Waals surface area contributed by atoms with Gasteiger partial charge in [0.1, 0.15) is 5.52 Å². The molecule has 0 aliphatic heterocycles. The van der Waals surface area contributed by atoms with Crippen molar-refractivity contribution in [3.05, 3.63) is 200 Å². The Kier molecular flexibility index (Phi) is 7.14. The second kappa shape index (κ2) is 12.6. The van der Waals surface area contributed by atoms with Gasteiger partial charge in [0.25, 0.3) is 0 Å². The van der Waals surface area contributed by atoms with Gasteiger partial charge in [0.2, 0.25) is 5.89 Å². The topological polar surface area (TPSA) is 34.2 Å². The molecule has 4 nitrogen and oxygen atoms in total. The minimum atomic E-state index is 0.634. The van der Waals surface area contributed by atoms with E-state index in [4.69, 9.17) is 9.40 Å². The van der Waals surface area contributed by atoms with E-state index in [-0.39, 0.29) is 0 Å². The van der Waals surface area contributed by atoms with Crippen LogP contribution in [0.1, 0.15) is 0 Å². The molecule has 55 heavy (non-hydrogen) atoms. The van der Waals surface area contributed by atoms with Crippen LogP contribution in [0, 0.1) is 0 Å². The van der Waals surface area contributed by atoms with Crippen molar-refractivity contribution >= 4 is 71.5 Å². The maximum atomic E-state index is 6.27. The SMILES string of the molecule is c1ccc(-c2nc3c(ccc4ccc5cc(N(c6ccccc6)c6ccc(-c7ccc8c(c7)c7ccccc7n8-c7ccccc7)cc6)ccc5c43)o2)cc1. The van der Waals surface area contributed by atoms with Gasteiger partial charge in [-0.2, -0.15) is 0 Å². The van der Waals surface area contributed by atoms with E-state index in [2.05, 4.69) is 173 Å². The van der Waals surface area contributed by atoms with Crippen LogP contribution in [0.2, 0.25) is 0 Å². The minimum Gasteiger partial charge on any atom is -0.436 e. The van der Waals surface area contributed by atoms with E-state index in [0.717, 1.165) is 61.0 Å². The molecular weight excluding hydrogens is 671 g/mol. The Morgan fingerprint density at radius 1 is 0.418 bits per heavy atom. The summed E-state index contributed by atoms with van der Waals surface area (Å²) in [5.41, 5.74) is 11.8. The number of para-hydroxylation sites is 3. The minimum absolute atomic E-state index is 0.634. The number of benzene rings is 9. The highest BCUT2D eigenvalue weighted by atomic mass is 16.3. The molecule has 0 spiro atoms. The molecule has 0 saturated carbocycles. The number of oxazole rings is 1.